The molecule has 0 bridgehead atoms. The quantitative estimate of drug-likeness (QED) is 0.804. The minimum absolute atomic E-state index is 0.816. The van der Waals surface area contributed by atoms with Gasteiger partial charge in [-0.15, -0.1) is 0 Å². The van der Waals surface area contributed by atoms with Gasteiger partial charge in [-0.1, -0.05) is 18.2 Å². The number of rotatable bonds is 2. The lowest BCUT2D eigenvalue weighted by molar-refractivity contribution is 0.122. The predicted molar refractivity (Wildman–Crippen MR) is 71.5 cm³/mol. The van der Waals surface area contributed by atoms with Crippen LogP contribution in [0.2, 0.25) is 0 Å². The molecule has 0 N–H and O–H groups in total. The maximum atomic E-state index is 5.36. The highest BCUT2D eigenvalue weighted by atomic mass is 16.5. The van der Waals surface area contributed by atoms with Gasteiger partial charge in [-0.2, -0.15) is 0 Å². The van der Waals surface area contributed by atoms with Crippen molar-refractivity contribution in [2.24, 2.45) is 0 Å². The standard InChI is InChI=1S/C15H15N2O/c1-2-8-16-15(3-1)13-4-6-14(7-5-13)17-9-11-18-12-10-17/h1-7H,9-12H2. The summed E-state index contributed by atoms with van der Waals surface area (Å²) in [5.74, 6) is 0. The molecule has 1 radical (unpaired) electrons. The fourth-order valence-corrected chi connectivity index (χ4v) is 2.15. The third kappa shape index (κ3) is 2.36. The summed E-state index contributed by atoms with van der Waals surface area (Å²) < 4.78 is 5.36. The Kier molecular flexibility index (Phi) is 3.24. The van der Waals surface area contributed by atoms with Crippen molar-refractivity contribution in [3.8, 4) is 11.3 Å². The summed E-state index contributed by atoms with van der Waals surface area (Å²) in [5.41, 5.74) is 3.34. The minimum Gasteiger partial charge on any atom is -0.378 e. The molecule has 0 saturated carbocycles. The van der Waals surface area contributed by atoms with Gasteiger partial charge in [0.1, 0.15) is 0 Å². The molecule has 1 aliphatic heterocycles. The van der Waals surface area contributed by atoms with E-state index in [2.05, 4.69) is 40.3 Å². The van der Waals surface area contributed by atoms with E-state index < -0.39 is 0 Å². The van der Waals surface area contributed by atoms with Crippen LogP contribution >= 0.6 is 0 Å². The summed E-state index contributed by atoms with van der Waals surface area (Å²) in [7, 11) is 0. The zero-order valence-corrected chi connectivity index (χ0v) is 10.2. The molecule has 1 fully saturated rings. The van der Waals surface area contributed by atoms with Gasteiger partial charge in [0, 0.05) is 24.3 Å². The molecule has 1 saturated heterocycles. The lowest BCUT2D eigenvalue weighted by Crippen LogP contribution is -2.36. The molecule has 0 aliphatic carbocycles. The smallest absolute Gasteiger partial charge is 0.0893 e. The van der Waals surface area contributed by atoms with Crippen LogP contribution in [-0.2, 0) is 4.74 Å². The lowest BCUT2D eigenvalue weighted by atomic mass is 10.1. The van der Waals surface area contributed by atoms with E-state index in [-0.39, 0.29) is 0 Å². The molecular formula is C15H15N2O. The fourth-order valence-electron chi connectivity index (χ4n) is 2.15. The Morgan fingerprint density at radius 1 is 1.06 bits per heavy atom. The Bertz CT molecular complexity index is 490. The number of hydrogen-bond acceptors (Lipinski definition) is 3. The second-order valence-corrected chi connectivity index (χ2v) is 4.30. The van der Waals surface area contributed by atoms with Crippen LogP contribution < -0.4 is 4.90 Å². The SMILES string of the molecule is [c]1cccc(-c2ccc(N3CCOCC3)cc2)n1. The fraction of sp³-hybridized carbons (Fsp3) is 0.267. The molecule has 3 nitrogen and oxygen atoms in total. The van der Waals surface area contributed by atoms with E-state index in [1.165, 1.54) is 5.69 Å². The molecule has 0 unspecified atom stereocenters. The minimum atomic E-state index is 0.816. The number of ether oxygens (including phenoxy) is 1. The highest BCUT2D eigenvalue weighted by molar-refractivity contribution is 5.63. The Hall–Kier alpha value is -1.87. The van der Waals surface area contributed by atoms with Crippen LogP contribution in [0.15, 0.2) is 42.5 Å². The van der Waals surface area contributed by atoms with Crippen molar-refractivity contribution in [1.82, 2.24) is 4.98 Å². The molecule has 1 aromatic carbocycles. The zero-order valence-electron chi connectivity index (χ0n) is 10.2. The molecule has 0 atom stereocenters. The molecular weight excluding hydrogens is 224 g/mol. The van der Waals surface area contributed by atoms with Gasteiger partial charge >= 0.3 is 0 Å². The molecule has 3 rings (SSSR count). The normalized spacial score (nSPS) is 15.7. The average Bonchev–Trinajstić information content (AvgIpc) is 2.49. The van der Waals surface area contributed by atoms with Crippen LogP contribution in [0.25, 0.3) is 11.3 Å². The number of aromatic nitrogens is 1. The maximum Gasteiger partial charge on any atom is 0.0893 e. The van der Waals surface area contributed by atoms with Crippen molar-refractivity contribution in [1.29, 1.82) is 0 Å². The number of benzene rings is 1. The number of pyridine rings is 1. The lowest BCUT2D eigenvalue weighted by Gasteiger charge is -2.28. The van der Waals surface area contributed by atoms with E-state index in [1.807, 2.05) is 18.2 Å². The van der Waals surface area contributed by atoms with Crippen LogP contribution in [0.3, 0.4) is 0 Å². The molecule has 0 spiro atoms. The first-order valence-corrected chi connectivity index (χ1v) is 6.20. The number of anilines is 1. The van der Waals surface area contributed by atoms with E-state index in [0.29, 0.717) is 0 Å². The summed E-state index contributed by atoms with van der Waals surface area (Å²) in [6.07, 6.45) is 2.86. The summed E-state index contributed by atoms with van der Waals surface area (Å²) >= 11 is 0. The first-order chi connectivity index (χ1) is 8.93. The second-order valence-electron chi connectivity index (χ2n) is 4.30. The van der Waals surface area contributed by atoms with Crippen LogP contribution in [0, 0.1) is 6.20 Å². The molecule has 91 valence electrons. The topological polar surface area (TPSA) is 25.4 Å². The van der Waals surface area contributed by atoms with E-state index in [1.54, 1.807) is 0 Å². The Morgan fingerprint density at radius 2 is 1.83 bits per heavy atom. The van der Waals surface area contributed by atoms with Crippen molar-refractivity contribution >= 4 is 5.69 Å². The maximum absolute atomic E-state index is 5.36. The van der Waals surface area contributed by atoms with Gasteiger partial charge in [0.2, 0.25) is 0 Å². The Morgan fingerprint density at radius 3 is 2.50 bits per heavy atom. The van der Waals surface area contributed by atoms with E-state index >= 15 is 0 Å². The van der Waals surface area contributed by atoms with E-state index in [0.717, 1.165) is 37.6 Å². The first-order valence-electron chi connectivity index (χ1n) is 6.20. The van der Waals surface area contributed by atoms with Gasteiger partial charge in [-0.3, -0.25) is 0 Å². The van der Waals surface area contributed by atoms with Gasteiger partial charge in [0.15, 0.2) is 0 Å². The molecule has 1 aliphatic rings. The van der Waals surface area contributed by atoms with Gasteiger partial charge in [0.25, 0.3) is 0 Å². The van der Waals surface area contributed by atoms with Crippen LogP contribution in [0.5, 0.6) is 0 Å². The number of nitrogens with zero attached hydrogens (tertiary/aromatic N) is 2. The molecule has 18 heavy (non-hydrogen) atoms. The number of morpholine rings is 1. The van der Waals surface area contributed by atoms with Crippen LogP contribution in [0.4, 0.5) is 5.69 Å². The monoisotopic (exact) mass is 239 g/mol. The highest BCUT2D eigenvalue weighted by Gasteiger charge is 2.10. The summed E-state index contributed by atoms with van der Waals surface area (Å²) in [4.78, 5) is 6.58. The molecule has 0 amide bonds. The summed E-state index contributed by atoms with van der Waals surface area (Å²) in [6, 6.07) is 14.3. The van der Waals surface area contributed by atoms with Crippen molar-refractivity contribution in [3.05, 3.63) is 48.7 Å². The van der Waals surface area contributed by atoms with Crippen molar-refractivity contribution in [2.45, 2.75) is 0 Å². The Labute approximate surface area is 107 Å². The zero-order chi connectivity index (χ0) is 12.2. The largest absolute Gasteiger partial charge is 0.378 e. The summed E-state index contributed by atoms with van der Waals surface area (Å²) in [6.45, 7) is 3.57. The van der Waals surface area contributed by atoms with E-state index in [9.17, 15) is 0 Å². The van der Waals surface area contributed by atoms with Gasteiger partial charge in [-0.25, -0.2) is 4.98 Å². The Balaban J connectivity index is 1.80. The van der Waals surface area contributed by atoms with Gasteiger partial charge in [-0.05, 0) is 24.3 Å². The molecule has 2 heterocycles. The van der Waals surface area contributed by atoms with Crippen LogP contribution in [-0.4, -0.2) is 31.3 Å². The third-order valence-corrected chi connectivity index (χ3v) is 3.15. The van der Waals surface area contributed by atoms with E-state index in [4.69, 9.17) is 4.74 Å². The second kappa shape index (κ2) is 5.19. The molecule has 2 aromatic rings. The summed E-state index contributed by atoms with van der Waals surface area (Å²) in [5, 5.41) is 0. The predicted octanol–water partition coefficient (Wildman–Crippen LogP) is 2.39. The molecule has 3 heteroatoms. The van der Waals surface area contributed by atoms with Crippen molar-refractivity contribution in [3.63, 3.8) is 0 Å². The molecule has 1 aromatic heterocycles. The van der Waals surface area contributed by atoms with Gasteiger partial charge < -0.3 is 9.64 Å². The first kappa shape index (κ1) is 11.2. The van der Waals surface area contributed by atoms with Crippen molar-refractivity contribution < 1.29 is 4.74 Å². The third-order valence-electron chi connectivity index (χ3n) is 3.15. The average molecular weight is 239 g/mol. The van der Waals surface area contributed by atoms with Crippen molar-refractivity contribution in [2.75, 3.05) is 31.2 Å². The van der Waals surface area contributed by atoms with Crippen LogP contribution in [0.1, 0.15) is 0 Å². The van der Waals surface area contributed by atoms with Gasteiger partial charge in [0.05, 0.1) is 25.1 Å². The highest BCUT2D eigenvalue weighted by Crippen LogP contribution is 2.21. The number of hydrogen-bond donors (Lipinski definition) is 0.